The lowest BCUT2D eigenvalue weighted by Crippen LogP contribution is -2.44. The van der Waals surface area contributed by atoms with E-state index >= 15 is 0 Å². The fourth-order valence-corrected chi connectivity index (χ4v) is 2.05. The monoisotopic (exact) mass is 335 g/mol. The van der Waals surface area contributed by atoms with Crippen molar-refractivity contribution in [1.29, 1.82) is 0 Å². The van der Waals surface area contributed by atoms with Crippen LogP contribution in [0.15, 0.2) is 30.3 Å². The van der Waals surface area contributed by atoms with Crippen molar-refractivity contribution in [2.45, 2.75) is 51.7 Å². The predicted octanol–water partition coefficient (Wildman–Crippen LogP) is 2.64. The molecule has 0 aromatic heterocycles. The third-order valence-corrected chi connectivity index (χ3v) is 3.17. The molecule has 0 bridgehead atoms. The van der Waals surface area contributed by atoms with Gasteiger partial charge in [-0.15, -0.1) is 0 Å². The number of Topliss-reactive ketones (excluding diaryl/α,β-unsaturated/α-hetero) is 1. The van der Waals surface area contributed by atoms with Crippen molar-refractivity contribution in [3.63, 3.8) is 0 Å². The number of ketones is 1. The minimum Gasteiger partial charge on any atom is -0.469 e. The Hall–Kier alpha value is -2.37. The van der Waals surface area contributed by atoms with Gasteiger partial charge in [0, 0.05) is 6.42 Å². The third-order valence-electron chi connectivity index (χ3n) is 3.17. The third kappa shape index (κ3) is 7.76. The molecule has 0 fully saturated rings. The minimum atomic E-state index is -0.757. The van der Waals surface area contributed by atoms with Crippen molar-refractivity contribution in [1.82, 2.24) is 5.32 Å². The maximum atomic E-state index is 12.4. The SMILES string of the molecule is COC(=O)CCC(=O)C(Cc1ccccc1)NC(=O)OC(C)(C)C. The van der Waals surface area contributed by atoms with Crippen LogP contribution < -0.4 is 5.32 Å². The van der Waals surface area contributed by atoms with Crippen molar-refractivity contribution in [2.75, 3.05) is 7.11 Å². The lowest BCUT2D eigenvalue weighted by molar-refractivity contribution is -0.142. The fourth-order valence-electron chi connectivity index (χ4n) is 2.05. The average molecular weight is 335 g/mol. The standard InChI is InChI=1S/C18H25NO5/c1-18(2,3)24-17(22)19-14(12-13-8-6-5-7-9-13)15(20)10-11-16(21)23-4/h5-9,14H,10-12H2,1-4H3,(H,19,22). The van der Waals surface area contributed by atoms with Gasteiger partial charge in [0.1, 0.15) is 5.60 Å². The van der Waals surface area contributed by atoms with Crippen molar-refractivity contribution >= 4 is 17.8 Å². The molecule has 1 atom stereocenters. The normalized spacial score (nSPS) is 12.2. The summed E-state index contributed by atoms with van der Waals surface area (Å²) in [7, 11) is 1.27. The Bertz CT molecular complexity index is 563. The first-order valence-corrected chi connectivity index (χ1v) is 7.84. The highest BCUT2D eigenvalue weighted by Crippen LogP contribution is 2.10. The lowest BCUT2D eigenvalue weighted by atomic mass is 10.00. The molecular weight excluding hydrogens is 310 g/mol. The summed E-state index contributed by atoms with van der Waals surface area (Å²) < 4.78 is 9.75. The van der Waals surface area contributed by atoms with Crippen LogP contribution in [0.25, 0.3) is 0 Å². The Morgan fingerprint density at radius 3 is 2.25 bits per heavy atom. The van der Waals surface area contributed by atoms with Gasteiger partial charge in [0.2, 0.25) is 0 Å². The fraction of sp³-hybridized carbons (Fsp3) is 0.500. The molecule has 1 aromatic carbocycles. The van der Waals surface area contributed by atoms with E-state index in [0.717, 1.165) is 5.56 Å². The molecule has 0 aliphatic carbocycles. The van der Waals surface area contributed by atoms with E-state index in [1.807, 2.05) is 30.3 Å². The van der Waals surface area contributed by atoms with E-state index in [1.54, 1.807) is 20.8 Å². The molecule has 0 saturated heterocycles. The molecule has 0 spiro atoms. The Morgan fingerprint density at radius 1 is 1.08 bits per heavy atom. The zero-order valence-electron chi connectivity index (χ0n) is 14.6. The number of carbonyl (C=O) groups excluding carboxylic acids is 3. The second kappa shape index (κ2) is 9.05. The van der Waals surface area contributed by atoms with E-state index in [4.69, 9.17) is 4.74 Å². The van der Waals surface area contributed by atoms with Crippen LogP contribution in [0.1, 0.15) is 39.2 Å². The number of hydrogen-bond acceptors (Lipinski definition) is 5. The van der Waals surface area contributed by atoms with E-state index in [-0.39, 0.29) is 18.6 Å². The predicted molar refractivity (Wildman–Crippen MR) is 89.6 cm³/mol. The van der Waals surface area contributed by atoms with E-state index < -0.39 is 23.7 Å². The molecule has 0 aliphatic rings. The zero-order chi connectivity index (χ0) is 18.2. The topological polar surface area (TPSA) is 81.7 Å². The van der Waals surface area contributed by atoms with Crippen LogP contribution in [-0.4, -0.2) is 36.6 Å². The second-order valence-corrected chi connectivity index (χ2v) is 6.43. The number of alkyl carbamates (subject to hydrolysis) is 1. The molecule has 0 radical (unpaired) electrons. The van der Waals surface area contributed by atoms with Gasteiger partial charge in [-0.25, -0.2) is 4.79 Å². The van der Waals surface area contributed by atoms with Gasteiger partial charge in [-0.1, -0.05) is 30.3 Å². The Balaban J connectivity index is 2.76. The van der Waals surface area contributed by atoms with Gasteiger partial charge in [-0.3, -0.25) is 9.59 Å². The first-order valence-electron chi connectivity index (χ1n) is 7.84. The molecule has 6 heteroatoms. The van der Waals surface area contributed by atoms with Gasteiger partial charge in [-0.05, 0) is 32.8 Å². The number of methoxy groups -OCH3 is 1. The number of benzene rings is 1. The molecule has 1 aromatic rings. The molecule has 6 nitrogen and oxygen atoms in total. The molecular formula is C18H25NO5. The highest BCUT2D eigenvalue weighted by atomic mass is 16.6. The Kier molecular flexibility index (Phi) is 7.42. The van der Waals surface area contributed by atoms with Gasteiger partial charge in [0.15, 0.2) is 5.78 Å². The van der Waals surface area contributed by atoms with Crippen LogP contribution in [0.3, 0.4) is 0 Å². The average Bonchev–Trinajstić information content (AvgIpc) is 2.50. The number of hydrogen-bond donors (Lipinski definition) is 1. The Labute approximate surface area is 142 Å². The quantitative estimate of drug-likeness (QED) is 0.775. The first-order chi connectivity index (χ1) is 11.2. The summed E-state index contributed by atoms with van der Waals surface area (Å²) in [5.74, 6) is -0.700. The number of carbonyl (C=O) groups is 3. The first kappa shape index (κ1) is 19.7. The van der Waals surface area contributed by atoms with Crippen LogP contribution in [0.2, 0.25) is 0 Å². The van der Waals surface area contributed by atoms with E-state index in [2.05, 4.69) is 10.1 Å². The largest absolute Gasteiger partial charge is 0.469 e. The minimum absolute atomic E-state index is 0.0000283. The summed E-state index contributed by atoms with van der Waals surface area (Å²) in [5.41, 5.74) is 0.251. The highest BCUT2D eigenvalue weighted by Gasteiger charge is 2.25. The highest BCUT2D eigenvalue weighted by molar-refractivity contribution is 5.89. The van der Waals surface area contributed by atoms with Gasteiger partial charge < -0.3 is 14.8 Å². The smallest absolute Gasteiger partial charge is 0.408 e. The molecule has 0 aliphatic heterocycles. The molecule has 0 heterocycles. The summed E-state index contributed by atoms with van der Waals surface area (Å²) in [6, 6.07) is 8.58. The molecule has 1 unspecified atom stereocenters. The summed E-state index contributed by atoms with van der Waals surface area (Å²) in [6.07, 6.45) is -0.341. The van der Waals surface area contributed by atoms with Gasteiger partial charge in [0.05, 0.1) is 19.6 Å². The summed E-state index contributed by atoms with van der Waals surface area (Å²) in [4.78, 5) is 35.6. The molecule has 132 valence electrons. The number of esters is 1. The van der Waals surface area contributed by atoms with Gasteiger partial charge >= 0.3 is 12.1 Å². The van der Waals surface area contributed by atoms with E-state index in [1.165, 1.54) is 7.11 Å². The molecule has 24 heavy (non-hydrogen) atoms. The number of amides is 1. The molecule has 1 rings (SSSR count). The Morgan fingerprint density at radius 2 is 1.71 bits per heavy atom. The molecule has 1 amide bonds. The van der Waals surface area contributed by atoms with Crippen LogP contribution in [0.4, 0.5) is 4.79 Å². The van der Waals surface area contributed by atoms with E-state index in [9.17, 15) is 14.4 Å². The van der Waals surface area contributed by atoms with Crippen molar-refractivity contribution < 1.29 is 23.9 Å². The van der Waals surface area contributed by atoms with Crippen molar-refractivity contribution in [3.8, 4) is 0 Å². The van der Waals surface area contributed by atoms with Gasteiger partial charge in [-0.2, -0.15) is 0 Å². The van der Waals surface area contributed by atoms with E-state index in [0.29, 0.717) is 6.42 Å². The van der Waals surface area contributed by atoms with Crippen LogP contribution in [0, 0.1) is 0 Å². The molecule has 0 saturated carbocycles. The maximum absolute atomic E-state index is 12.4. The van der Waals surface area contributed by atoms with Crippen molar-refractivity contribution in [2.24, 2.45) is 0 Å². The maximum Gasteiger partial charge on any atom is 0.408 e. The van der Waals surface area contributed by atoms with Crippen molar-refractivity contribution in [3.05, 3.63) is 35.9 Å². The summed E-state index contributed by atoms with van der Waals surface area (Å²) >= 11 is 0. The number of nitrogens with one attached hydrogen (secondary N) is 1. The molecule has 1 N–H and O–H groups in total. The number of ether oxygens (including phenoxy) is 2. The zero-order valence-corrected chi connectivity index (χ0v) is 14.6. The summed E-state index contributed by atoms with van der Waals surface area (Å²) in [6.45, 7) is 5.24. The van der Waals surface area contributed by atoms with Crippen LogP contribution in [0.5, 0.6) is 0 Å². The van der Waals surface area contributed by atoms with Gasteiger partial charge in [0.25, 0.3) is 0 Å². The van der Waals surface area contributed by atoms with Crippen LogP contribution in [-0.2, 0) is 25.5 Å². The number of rotatable bonds is 7. The lowest BCUT2D eigenvalue weighted by Gasteiger charge is -2.23. The summed E-state index contributed by atoms with van der Waals surface area (Å²) in [5, 5.41) is 2.60. The van der Waals surface area contributed by atoms with Crippen LogP contribution >= 0.6 is 0 Å². The second-order valence-electron chi connectivity index (χ2n) is 6.43.